The van der Waals surface area contributed by atoms with Crippen molar-refractivity contribution in [3.63, 3.8) is 0 Å². The predicted octanol–water partition coefficient (Wildman–Crippen LogP) is 1.55. The minimum atomic E-state index is -0.895. The van der Waals surface area contributed by atoms with Crippen LogP contribution in [-0.4, -0.2) is 22.1 Å². The fourth-order valence-corrected chi connectivity index (χ4v) is 1.41. The summed E-state index contributed by atoms with van der Waals surface area (Å²) in [4.78, 5) is 22.1. The summed E-state index contributed by atoms with van der Waals surface area (Å²) in [6, 6.07) is 8.00. The molecule has 1 heterocycles. The van der Waals surface area contributed by atoms with E-state index >= 15 is 0 Å². The van der Waals surface area contributed by atoms with Crippen molar-refractivity contribution in [2.24, 2.45) is 0 Å². The normalized spacial score (nSPS) is 10.0. The van der Waals surface area contributed by atoms with E-state index in [1.54, 1.807) is 24.3 Å². The average Bonchev–Trinajstić information content (AvgIpc) is 2.84. The van der Waals surface area contributed by atoms with Gasteiger partial charge in [0.05, 0.1) is 12.6 Å². The molecule has 2 aromatic rings. The van der Waals surface area contributed by atoms with Crippen molar-refractivity contribution in [1.29, 1.82) is 0 Å². The Balaban J connectivity index is 2.02. The SMILES string of the molecule is O=C(O)Cc1ccc(NC(=O)c2ccno2)cc1. The zero-order chi connectivity index (χ0) is 13.0. The molecule has 0 atom stereocenters. The number of aliphatic carboxylic acids is 1. The van der Waals surface area contributed by atoms with Crippen LogP contribution in [0, 0.1) is 0 Å². The number of hydrogen-bond acceptors (Lipinski definition) is 4. The molecule has 1 aromatic carbocycles. The molecule has 0 saturated heterocycles. The lowest BCUT2D eigenvalue weighted by Crippen LogP contribution is -2.10. The first-order valence-electron chi connectivity index (χ1n) is 5.18. The van der Waals surface area contributed by atoms with Crippen LogP contribution < -0.4 is 5.32 Å². The van der Waals surface area contributed by atoms with E-state index in [2.05, 4.69) is 10.5 Å². The summed E-state index contributed by atoms with van der Waals surface area (Å²) in [6.07, 6.45) is 1.33. The minimum absolute atomic E-state index is 0.0453. The summed E-state index contributed by atoms with van der Waals surface area (Å²) < 4.78 is 4.70. The van der Waals surface area contributed by atoms with Crippen LogP contribution in [0.4, 0.5) is 5.69 Å². The first-order chi connectivity index (χ1) is 8.65. The maximum Gasteiger partial charge on any atom is 0.307 e. The Labute approximate surface area is 102 Å². The van der Waals surface area contributed by atoms with Gasteiger partial charge in [-0.1, -0.05) is 17.3 Å². The second kappa shape index (κ2) is 5.13. The van der Waals surface area contributed by atoms with Gasteiger partial charge in [-0.2, -0.15) is 0 Å². The van der Waals surface area contributed by atoms with Crippen LogP contribution in [0.3, 0.4) is 0 Å². The third-order valence-electron chi connectivity index (χ3n) is 2.23. The Bertz CT molecular complexity index is 546. The Morgan fingerprint density at radius 3 is 2.50 bits per heavy atom. The molecule has 0 aliphatic carbocycles. The van der Waals surface area contributed by atoms with Crippen LogP contribution in [0.1, 0.15) is 16.1 Å². The summed E-state index contributed by atoms with van der Waals surface area (Å²) in [6.45, 7) is 0. The molecule has 0 aliphatic heterocycles. The fraction of sp³-hybridized carbons (Fsp3) is 0.0833. The van der Waals surface area contributed by atoms with E-state index in [9.17, 15) is 9.59 Å². The van der Waals surface area contributed by atoms with Gasteiger partial charge in [0.15, 0.2) is 0 Å². The molecule has 0 fully saturated rings. The third kappa shape index (κ3) is 2.94. The van der Waals surface area contributed by atoms with E-state index in [0.717, 1.165) is 0 Å². The highest BCUT2D eigenvalue weighted by Crippen LogP contribution is 2.11. The smallest absolute Gasteiger partial charge is 0.307 e. The van der Waals surface area contributed by atoms with Crippen LogP contribution in [0.15, 0.2) is 41.1 Å². The molecular formula is C12H10N2O4. The maximum atomic E-state index is 11.6. The standard InChI is InChI=1S/C12H10N2O4/c15-11(16)7-8-1-3-9(4-2-8)14-12(17)10-5-6-13-18-10/h1-6H,7H2,(H,14,17)(H,15,16). The molecule has 0 radical (unpaired) electrons. The van der Waals surface area contributed by atoms with E-state index < -0.39 is 11.9 Å². The molecule has 1 amide bonds. The summed E-state index contributed by atoms with van der Waals surface area (Å²) in [7, 11) is 0. The number of benzene rings is 1. The van der Waals surface area contributed by atoms with Gasteiger partial charge in [-0.25, -0.2) is 0 Å². The highest BCUT2D eigenvalue weighted by molar-refractivity contribution is 6.02. The number of rotatable bonds is 4. The quantitative estimate of drug-likeness (QED) is 0.853. The van der Waals surface area contributed by atoms with Crippen molar-refractivity contribution < 1.29 is 19.2 Å². The van der Waals surface area contributed by atoms with E-state index in [1.165, 1.54) is 12.3 Å². The molecule has 2 rings (SSSR count). The summed E-state index contributed by atoms with van der Waals surface area (Å²) in [5.74, 6) is -1.18. The van der Waals surface area contributed by atoms with Crippen molar-refractivity contribution in [3.05, 3.63) is 47.9 Å². The Kier molecular flexibility index (Phi) is 3.38. The van der Waals surface area contributed by atoms with Gasteiger partial charge in [0.1, 0.15) is 0 Å². The van der Waals surface area contributed by atoms with E-state index in [0.29, 0.717) is 11.3 Å². The third-order valence-corrected chi connectivity index (χ3v) is 2.23. The van der Waals surface area contributed by atoms with Crippen LogP contribution in [0.2, 0.25) is 0 Å². The summed E-state index contributed by atoms with van der Waals surface area (Å²) in [5, 5.41) is 14.7. The second-order valence-electron chi connectivity index (χ2n) is 3.60. The lowest BCUT2D eigenvalue weighted by molar-refractivity contribution is -0.136. The van der Waals surface area contributed by atoms with Gasteiger partial charge in [-0.05, 0) is 17.7 Å². The van der Waals surface area contributed by atoms with Crippen molar-refractivity contribution >= 4 is 17.6 Å². The van der Waals surface area contributed by atoms with Crippen molar-refractivity contribution in [1.82, 2.24) is 5.16 Å². The number of anilines is 1. The molecule has 0 saturated carbocycles. The lowest BCUT2D eigenvalue weighted by Gasteiger charge is -2.03. The second-order valence-corrected chi connectivity index (χ2v) is 3.60. The minimum Gasteiger partial charge on any atom is -0.481 e. The predicted molar refractivity (Wildman–Crippen MR) is 62.2 cm³/mol. The number of carboxylic acids is 1. The van der Waals surface area contributed by atoms with Gasteiger partial charge in [-0.3, -0.25) is 9.59 Å². The van der Waals surface area contributed by atoms with Gasteiger partial charge >= 0.3 is 5.97 Å². The van der Waals surface area contributed by atoms with Gasteiger partial charge in [0.25, 0.3) is 5.91 Å². The molecule has 18 heavy (non-hydrogen) atoms. The number of carbonyl (C=O) groups excluding carboxylic acids is 1. The largest absolute Gasteiger partial charge is 0.481 e. The monoisotopic (exact) mass is 246 g/mol. The highest BCUT2D eigenvalue weighted by atomic mass is 16.5. The fourth-order valence-electron chi connectivity index (χ4n) is 1.41. The molecule has 0 bridgehead atoms. The van der Waals surface area contributed by atoms with Crippen LogP contribution in [-0.2, 0) is 11.2 Å². The summed E-state index contributed by atoms with van der Waals surface area (Å²) in [5.41, 5.74) is 1.23. The van der Waals surface area contributed by atoms with Gasteiger partial charge in [0, 0.05) is 11.8 Å². The summed E-state index contributed by atoms with van der Waals surface area (Å²) >= 11 is 0. The van der Waals surface area contributed by atoms with Gasteiger partial charge in [0.2, 0.25) is 5.76 Å². The highest BCUT2D eigenvalue weighted by Gasteiger charge is 2.09. The molecule has 1 aromatic heterocycles. The molecule has 0 spiro atoms. The molecule has 2 N–H and O–H groups in total. The van der Waals surface area contributed by atoms with Gasteiger partial charge in [-0.15, -0.1) is 0 Å². The Hall–Kier alpha value is -2.63. The molecule has 6 heteroatoms. The van der Waals surface area contributed by atoms with Crippen molar-refractivity contribution in [2.75, 3.05) is 5.32 Å². The number of nitrogens with one attached hydrogen (secondary N) is 1. The number of carbonyl (C=O) groups is 2. The molecule has 0 unspecified atom stereocenters. The number of amides is 1. The maximum absolute atomic E-state index is 11.6. The van der Waals surface area contributed by atoms with Crippen LogP contribution in [0.25, 0.3) is 0 Å². The van der Waals surface area contributed by atoms with Crippen LogP contribution >= 0.6 is 0 Å². The average molecular weight is 246 g/mol. The Morgan fingerprint density at radius 1 is 1.22 bits per heavy atom. The first-order valence-corrected chi connectivity index (χ1v) is 5.18. The zero-order valence-corrected chi connectivity index (χ0v) is 9.29. The Morgan fingerprint density at radius 2 is 1.94 bits per heavy atom. The molecule has 92 valence electrons. The van der Waals surface area contributed by atoms with E-state index in [-0.39, 0.29) is 12.2 Å². The van der Waals surface area contributed by atoms with Gasteiger partial charge < -0.3 is 14.9 Å². The first kappa shape index (κ1) is 11.8. The van der Waals surface area contributed by atoms with E-state index in [4.69, 9.17) is 9.63 Å². The van der Waals surface area contributed by atoms with Crippen LogP contribution in [0.5, 0.6) is 0 Å². The number of carboxylic acid groups (broad SMARTS) is 1. The lowest BCUT2D eigenvalue weighted by atomic mass is 10.1. The zero-order valence-electron chi connectivity index (χ0n) is 9.29. The number of nitrogens with zero attached hydrogens (tertiary/aromatic N) is 1. The molecule has 6 nitrogen and oxygen atoms in total. The van der Waals surface area contributed by atoms with E-state index in [1.807, 2.05) is 0 Å². The molecule has 0 aliphatic rings. The number of aromatic nitrogens is 1. The number of hydrogen-bond donors (Lipinski definition) is 2. The topological polar surface area (TPSA) is 92.4 Å². The molecular weight excluding hydrogens is 236 g/mol. The van der Waals surface area contributed by atoms with Crippen molar-refractivity contribution in [3.8, 4) is 0 Å². The van der Waals surface area contributed by atoms with Crippen molar-refractivity contribution in [2.45, 2.75) is 6.42 Å².